The van der Waals surface area contributed by atoms with Gasteiger partial charge in [-0.25, -0.2) is 9.37 Å². The SMILES string of the molecule is O=C(Nc1ncc(C#Cc2ccccc2)cc1F)c1c(Cl)cnn1C[C@H]1COCCO1. The molecule has 3 aromatic rings. The zero-order valence-electron chi connectivity index (χ0n) is 16.3. The van der Waals surface area contributed by atoms with E-state index in [4.69, 9.17) is 21.1 Å². The van der Waals surface area contributed by atoms with Gasteiger partial charge in [-0.15, -0.1) is 0 Å². The molecule has 1 fully saturated rings. The van der Waals surface area contributed by atoms with Gasteiger partial charge in [-0.05, 0) is 18.2 Å². The molecular formula is C22H18ClFN4O3. The summed E-state index contributed by atoms with van der Waals surface area (Å²) in [4.78, 5) is 16.7. The number of amides is 1. The molecule has 9 heteroatoms. The monoisotopic (exact) mass is 440 g/mol. The summed E-state index contributed by atoms with van der Waals surface area (Å²) in [6, 6.07) is 10.5. The van der Waals surface area contributed by atoms with Gasteiger partial charge in [0, 0.05) is 17.3 Å². The Morgan fingerprint density at radius 2 is 2.03 bits per heavy atom. The van der Waals surface area contributed by atoms with Gasteiger partial charge in [0.15, 0.2) is 11.6 Å². The molecule has 1 atom stereocenters. The summed E-state index contributed by atoms with van der Waals surface area (Å²) in [6.45, 7) is 1.66. The summed E-state index contributed by atoms with van der Waals surface area (Å²) in [5.41, 5.74) is 1.28. The molecule has 1 N–H and O–H groups in total. The van der Waals surface area contributed by atoms with E-state index in [0.717, 1.165) is 5.56 Å². The van der Waals surface area contributed by atoms with Gasteiger partial charge >= 0.3 is 0 Å². The zero-order valence-corrected chi connectivity index (χ0v) is 17.1. The van der Waals surface area contributed by atoms with Gasteiger partial charge in [-0.3, -0.25) is 9.48 Å². The first-order valence-electron chi connectivity index (χ1n) is 9.55. The summed E-state index contributed by atoms with van der Waals surface area (Å²) < 4.78 is 26.9. The molecule has 1 aromatic carbocycles. The van der Waals surface area contributed by atoms with Crippen LogP contribution in [0.25, 0.3) is 0 Å². The first kappa shape index (κ1) is 21.0. The molecule has 7 nitrogen and oxygen atoms in total. The lowest BCUT2D eigenvalue weighted by Gasteiger charge is -2.23. The van der Waals surface area contributed by atoms with Crippen molar-refractivity contribution < 1.29 is 18.7 Å². The minimum Gasteiger partial charge on any atom is -0.376 e. The predicted octanol–water partition coefficient (Wildman–Crippen LogP) is 3.14. The second-order valence-corrected chi connectivity index (χ2v) is 7.12. The molecule has 4 rings (SSSR count). The van der Waals surface area contributed by atoms with Crippen LogP contribution in [0.2, 0.25) is 5.02 Å². The number of rotatable bonds is 4. The van der Waals surface area contributed by atoms with Crippen LogP contribution < -0.4 is 5.32 Å². The number of carbonyl (C=O) groups is 1. The molecule has 158 valence electrons. The molecule has 3 heterocycles. The number of nitrogens with one attached hydrogen (secondary N) is 1. The number of pyridine rings is 1. The van der Waals surface area contributed by atoms with Crippen molar-refractivity contribution in [1.82, 2.24) is 14.8 Å². The van der Waals surface area contributed by atoms with E-state index in [2.05, 4.69) is 27.2 Å². The van der Waals surface area contributed by atoms with E-state index in [1.165, 1.54) is 23.1 Å². The molecule has 0 unspecified atom stereocenters. The first-order valence-corrected chi connectivity index (χ1v) is 9.92. The highest BCUT2D eigenvalue weighted by Gasteiger charge is 2.23. The Bertz CT molecular complexity index is 1130. The molecule has 0 radical (unpaired) electrons. The minimum absolute atomic E-state index is 0.0879. The smallest absolute Gasteiger partial charge is 0.276 e. The van der Waals surface area contributed by atoms with Crippen molar-refractivity contribution in [2.45, 2.75) is 12.6 Å². The molecule has 0 saturated carbocycles. The molecule has 1 saturated heterocycles. The lowest BCUT2D eigenvalue weighted by molar-refractivity contribution is -0.0947. The lowest BCUT2D eigenvalue weighted by Crippen LogP contribution is -2.34. The van der Waals surface area contributed by atoms with Crippen LogP contribution in [0.1, 0.15) is 21.6 Å². The van der Waals surface area contributed by atoms with Gasteiger partial charge < -0.3 is 14.8 Å². The number of ether oxygens (including phenoxy) is 2. The molecule has 2 aromatic heterocycles. The fraction of sp³-hybridized carbons (Fsp3) is 0.227. The highest BCUT2D eigenvalue weighted by molar-refractivity contribution is 6.34. The average molecular weight is 441 g/mol. The van der Waals surface area contributed by atoms with Crippen molar-refractivity contribution in [3.63, 3.8) is 0 Å². The quantitative estimate of drug-likeness (QED) is 0.631. The van der Waals surface area contributed by atoms with Crippen molar-refractivity contribution in [3.8, 4) is 11.8 Å². The average Bonchev–Trinajstić information content (AvgIpc) is 3.15. The van der Waals surface area contributed by atoms with Crippen LogP contribution in [0, 0.1) is 17.7 Å². The highest BCUT2D eigenvalue weighted by Crippen LogP contribution is 2.19. The third-order valence-electron chi connectivity index (χ3n) is 4.47. The fourth-order valence-corrected chi connectivity index (χ4v) is 3.22. The van der Waals surface area contributed by atoms with Crippen molar-refractivity contribution in [1.29, 1.82) is 0 Å². The second kappa shape index (κ2) is 9.71. The number of benzene rings is 1. The number of carbonyl (C=O) groups excluding carboxylic acids is 1. The summed E-state index contributed by atoms with van der Waals surface area (Å²) in [7, 11) is 0. The van der Waals surface area contributed by atoms with Gasteiger partial charge in [0.2, 0.25) is 0 Å². The van der Waals surface area contributed by atoms with Crippen molar-refractivity contribution in [2.24, 2.45) is 0 Å². The van der Waals surface area contributed by atoms with Crippen LogP contribution in [0.5, 0.6) is 0 Å². The molecule has 0 aliphatic carbocycles. The van der Waals surface area contributed by atoms with Crippen molar-refractivity contribution in [3.05, 3.63) is 76.5 Å². The van der Waals surface area contributed by atoms with E-state index < -0.39 is 11.7 Å². The van der Waals surface area contributed by atoms with E-state index >= 15 is 0 Å². The number of halogens is 2. The molecule has 0 bridgehead atoms. The Kier molecular flexibility index (Phi) is 6.57. The molecular weight excluding hydrogens is 423 g/mol. The lowest BCUT2D eigenvalue weighted by atomic mass is 10.2. The molecule has 0 spiro atoms. The molecule has 1 amide bonds. The maximum absolute atomic E-state index is 14.5. The molecule has 31 heavy (non-hydrogen) atoms. The van der Waals surface area contributed by atoms with Crippen LogP contribution in [-0.4, -0.2) is 46.6 Å². The van der Waals surface area contributed by atoms with Gasteiger partial charge in [0.25, 0.3) is 5.91 Å². The minimum atomic E-state index is -0.709. The van der Waals surface area contributed by atoms with Crippen LogP contribution in [0.4, 0.5) is 10.2 Å². The topological polar surface area (TPSA) is 78.3 Å². The maximum Gasteiger partial charge on any atom is 0.276 e. The second-order valence-electron chi connectivity index (χ2n) is 6.72. The van der Waals surface area contributed by atoms with Gasteiger partial charge in [0.1, 0.15) is 11.8 Å². The number of aromatic nitrogens is 3. The summed E-state index contributed by atoms with van der Waals surface area (Å²) in [5, 5.41) is 6.70. The largest absolute Gasteiger partial charge is 0.376 e. The Morgan fingerprint density at radius 1 is 1.23 bits per heavy atom. The third kappa shape index (κ3) is 5.27. The number of nitrogens with zero attached hydrogens (tertiary/aromatic N) is 3. The number of anilines is 1. The Morgan fingerprint density at radius 3 is 2.77 bits per heavy atom. The van der Waals surface area contributed by atoms with E-state index in [0.29, 0.717) is 25.4 Å². The zero-order chi connectivity index (χ0) is 21.6. The predicted molar refractivity (Wildman–Crippen MR) is 112 cm³/mol. The number of hydrogen-bond donors (Lipinski definition) is 1. The van der Waals surface area contributed by atoms with E-state index in [1.807, 2.05) is 30.3 Å². The van der Waals surface area contributed by atoms with Gasteiger partial charge in [-0.1, -0.05) is 41.6 Å². The van der Waals surface area contributed by atoms with Crippen molar-refractivity contribution >= 4 is 23.3 Å². The van der Waals surface area contributed by atoms with E-state index in [9.17, 15) is 9.18 Å². The first-order chi connectivity index (χ1) is 15.1. The molecule has 1 aliphatic rings. The van der Waals surface area contributed by atoms with Crippen LogP contribution in [0.15, 0.2) is 48.8 Å². The van der Waals surface area contributed by atoms with E-state index in [-0.39, 0.29) is 29.2 Å². The third-order valence-corrected chi connectivity index (χ3v) is 4.75. The highest BCUT2D eigenvalue weighted by atomic mass is 35.5. The van der Waals surface area contributed by atoms with Gasteiger partial charge in [-0.2, -0.15) is 5.10 Å². The summed E-state index contributed by atoms with van der Waals surface area (Å²) >= 11 is 6.14. The maximum atomic E-state index is 14.5. The summed E-state index contributed by atoms with van der Waals surface area (Å²) in [6.07, 6.45) is 2.49. The Hall–Kier alpha value is -3.25. The van der Waals surface area contributed by atoms with Crippen molar-refractivity contribution in [2.75, 3.05) is 25.1 Å². The Balaban J connectivity index is 1.48. The standard InChI is InChI=1S/C22H18ClFN4O3/c23-18-12-26-28(13-17-14-30-8-9-31-17)20(18)22(29)27-21-19(24)10-16(11-25-21)7-6-15-4-2-1-3-5-15/h1-5,10-12,17H,8-9,13-14H2,(H,25,27,29)/t17-/m0/s1. The van der Waals surface area contributed by atoms with Gasteiger partial charge in [0.05, 0.1) is 37.6 Å². The van der Waals surface area contributed by atoms with Crippen LogP contribution in [0.3, 0.4) is 0 Å². The van der Waals surface area contributed by atoms with Crippen LogP contribution >= 0.6 is 11.6 Å². The fourth-order valence-electron chi connectivity index (χ4n) is 2.99. The summed E-state index contributed by atoms with van der Waals surface area (Å²) in [5.74, 6) is 4.21. The Labute approximate surface area is 183 Å². The normalized spacial score (nSPS) is 15.7. The van der Waals surface area contributed by atoms with E-state index in [1.54, 1.807) is 0 Å². The molecule has 1 aliphatic heterocycles. The van der Waals surface area contributed by atoms with Crippen LogP contribution in [-0.2, 0) is 16.0 Å². The number of hydrogen-bond acceptors (Lipinski definition) is 5.